The first kappa shape index (κ1) is 77.9. The summed E-state index contributed by atoms with van der Waals surface area (Å²) in [7, 11) is 0. The highest BCUT2D eigenvalue weighted by molar-refractivity contribution is 5.71. The normalized spacial score (nSPS) is 12.5. The second-order valence-corrected chi connectivity index (χ2v) is 23.8. The van der Waals surface area contributed by atoms with Crippen LogP contribution in [-0.2, 0) is 28.6 Å². The molecule has 0 aliphatic rings. The van der Waals surface area contributed by atoms with Crippen molar-refractivity contribution in [1.29, 1.82) is 0 Å². The van der Waals surface area contributed by atoms with Gasteiger partial charge in [-0.25, -0.2) is 0 Å². The molecular formula is C75H134O6. The molecule has 0 spiro atoms. The molecule has 0 aliphatic heterocycles. The highest BCUT2D eigenvalue weighted by Gasteiger charge is 2.19. The predicted octanol–water partition coefficient (Wildman–Crippen LogP) is 24.4. The number of carbonyl (C=O) groups excluding carboxylic acids is 3. The van der Waals surface area contributed by atoms with Crippen LogP contribution >= 0.6 is 0 Å². The van der Waals surface area contributed by atoms with Crippen LogP contribution in [0.5, 0.6) is 0 Å². The molecule has 0 saturated carbocycles. The average Bonchev–Trinajstić information content (AvgIpc) is 3.47. The molecule has 0 fully saturated rings. The summed E-state index contributed by atoms with van der Waals surface area (Å²) >= 11 is 0. The van der Waals surface area contributed by atoms with Crippen molar-refractivity contribution >= 4 is 17.9 Å². The van der Waals surface area contributed by atoms with E-state index in [1.54, 1.807) is 0 Å². The highest BCUT2D eigenvalue weighted by atomic mass is 16.6. The van der Waals surface area contributed by atoms with Crippen LogP contribution in [-0.4, -0.2) is 37.2 Å². The molecule has 0 rings (SSSR count). The van der Waals surface area contributed by atoms with E-state index < -0.39 is 6.10 Å². The molecule has 0 heterocycles. The first-order valence-electron chi connectivity index (χ1n) is 35.4. The molecule has 0 saturated heterocycles. The average molecular weight is 1130 g/mol. The predicted molar refractivity (Wildman–Crippen MR) is 353 cm³/mol. The zero-order chi connectivity index (χ0) is 58.5. The van der Waals surface area contributed by atoms with E-state index in [4.69, 9.17) is 14.2 Å². The third-order valence-electron chi connectivity index (χ3n) is 15.7. The second kappa shape index (κ2) is 69.3. The van der Waals surface area contributed by atoms with Gasteiger partial charge in [0.2, 0.25) is 0 Å². The quantitative estimate of drug-likeness (QED) is 0.0261. The summed E-state index contributed by atoms with van der Waals surface area (Å²) in [5.41, 5.74) is 0. The van der Waals surface area contributed by atoms with Crippen molar-refractivity contribution < 1.29 is 28.6 Å². The highest BCUT2D eigenvalue weighted by Crippen LogP contribution is 2.18. The number of hydrogen-bond acceptors (Lipinski definition) is 6. The van der Waals surface area contributed by atoms with Crippen molar-refractivity contribution in [3.8, 4) is 0 Å². The summed E-state index contributed by atoms with van der Waals surface area (Å²) in [5.74, 6) is -0.882. The van der Waals surface area contributed by atoms with E-state index in [9.17, 15) is 14.4 Å². The molecule has 0 aromatic rings. The Morgan fingerprint density at radius 2 is 0.481 bits per heavy atom. The maximum absolute atomic E-state index is 12.9. The second-order valence-electron chi connectivity index (χ2n) is 23.8. The zero-order valence-electron chi connectivity index (χ0n) is 54.1. The van der Waals surface area contributed by atoms with Crippen LogP contribution in [0.15, 0.2) is 72.9 Å². The molecular weight excluding hydrogens is 997 g/mol. The van der Waals surface area contributed by atoms with Gasteiger partial charge in [-0.3, -0.25) is 14.4 Å². The van der Waals surface area contributed by atoms with Gasteiger partial charge in [0.15, 0.2) is 6.10 Å². The lowest BCUT2D eigenvalue weighted by Gasteiger charge is -2.18. The van der Waals surface area contributed by atoms with Gasteiger partial charge in [0.25, 0.3) is 0 Å². The standard InChI is InChI=1S/C75H134O6/c1-4-7-10-13-16-19-22-25-28-30-32-33-34-35-36-37-38-39-40-41-43-44-47-50-53-56-59-62-65-68-74(77)80-71-72(70-79-73(76)67-64-61-58-55-52-49-46-27-24-21-18-15-12-9-6-3)81-75(78)69-66-63-60-57-54-51-48-45-42-31-29-26-23-20-17-14-11-8-5-2/h9,12,17-18,20-21,26-27,29-30,32,46,72H,4-8,10-11,13-16,19,22-25,28,31,33-45,47-71H2,1-3H3/b12-9-,20-17-,21-18-,29-26-,32-30-,46-27-. The van der Waals surface area contributed by atoms with Gasteiger partial charge in [-0.15, -0.1) is 0 Å². The fraction of sp³-hybridized carbons (Fsp3) is 0.800. The van der Waals surface area contributed by atoms with E-state index >= 15 is 0 Å². The zero-order valence-corrected chi connectivity index (χ0v) is 54.1. The number of ether oxygens (including phenoxy) is 3. The van der Waals surface area contributed by atoms with Gasteiger partial charge in [0, 0.05) is 19.3 Å². The summed E-state index contributed by atoms with van der Waals surface area (Å²) in [6.45, 7) is 6.54. The van der Waals surface area contributed by atoms with Crippen molar-refractivity contribution in [2.75, 3.05) is 13.2 Å². The van der Waals surface area contributed by atoms with Crippen molar-refractivity contribution in [1.82, 2.24) is 0 Å². The van der Waals surface area contributed by atoms with Crippen LogP contribution in [0.2, 0.25) is 0 Å². The lowest BCUT2D eigenvalue weighted by Crippen LogP contribution is -2.30. The van der Waals surface area contributed by atoms with Gasteiger partial charge < -0.3 is 14.2 Å². The molecule has 0 aliphatic carbocycles. The van der Waals surface area contributed by atoms with E-state index in [2.05, 4.69) is 93.7 Å². The molecule has 6 heteroatoms. The minimum atomic E-state index is -0.786. The third kappa shape index (κ3) is 67.5. The van der Waals surface area contributed by atoms with Gasteiger partial charge in [-0.05, 0) is 109 Å². The molecule has 0 radical (unpaired) electrons. The van der Waals surface area contributed by atoms with Crippen molar-refractivity contribution in [2.24, 2.45) is 0 Å². The Hall–Kier alpha value is -3.15. The lowest BCUT2D eigenvalue weighted by molar-refractivity contribution is -0.167. The SMILES string of the molecule is CC/C=C\C/C=C\C/C=C\CCCCCCCC(=O)OCC(COC(=O)CCCCCCCCCCCCCCCCCCC/C=C\CCCCCCCCCC)OC(=O)CCCCCCCCCCC/C=C\C/C=C\CCCCC. The van der Waals surface area contributed by atoms with E-state index in [-0.39, 0.29) is 31.1 Å². The molecule has 0 amide bonds. The molecule has 0 aromatic heterocycles. The van der Waals surface area contributed by atoms with Gasteiger partial charge in [-0.2, -0.15) is 0 Å². The Morgan fingerprint density at radius 1 is 0.259 bits per heavy atom. The molecule has 0 N–H and O–H groups in total. The van der Waals surface area contributed by atoms with Crippen LogP contribution in [0.3, 0.4) is 0 Å². The van der Waals surface area contributed by atoms with Crippen LogP contribution in [0.1, 0.15) is 367 Å². The Bertz CT molecular complexity index is 1490. The first-order valence-corrected chi connectivity index (χ1v) is 35.4. The molecule has 0 bridgehead atoms. The Labute approximate surface area is 503 Å². The molecule has 6 nitrogen and oxygen atoms in total. The van der Waals surface area contributed by atoms with E-state index in [0.717, 1.165) is 103 Å². The number of rotatable bonds is 65. The van der Waals surface area contributed by atoms with Crippen LogP contribution in [0.4, 0.5) is 0 Å². The molecule has 0 aromatic carbocycles. The summed E-state index contributed by atoms with van der Waals surface area (Å²) in [4.78, 5) is 38.4. The molecule has 1 atom stereocenters. The number of esters is 3. The lowest BCUT2D eigenvalue weighted by atomic mass is 10.0. The Morgan fingerprint density at radius 3 is 0.790 bits per heavy atom. The van der Waals surface area contributed by atoms with E-state index in [1.165, 1.54) is 225 Å². The van der Waals surface area contributed by atoms with Crippen LogP contribution in [0.25, 0.3) is 0 Å². The van der Waals surface area contributed by atoms with E-state index in [1.807, 2.05) is 0 Å². The molecule has 81 heavy (non-hydrogen) atoms. The van der Waals surface area contributed by atoms with Crippen molar-refractivity contribution in [3.05, 3.63) is 72.9 Å². The first-order chi connectivity index (χ1) is 40.0. The fourth-order valence-electron chi connectivity index (χ4n) is 10.4. The number of hydrogen-bond donors (Lipinski definition) is 0. The monoisotopic (exact) mass is 1130 g/mol. The van der Waals surface area contributed by atoms with Crippen LogP contribution in [0, 0.1) is 0 Å². The van der Waals surface area contributed by atoms with Crippen molar-refractivity contribution in [2.45, 2.75) is 374 Å². The van der Waals surface area contributed by atoms with Gasteiger partial charge in [0.1, 0.15) is 13.2 Å². The number of unbranched alkanes of at least 4 members (excludes halogenated alkanes) is 42. The van der Waals surface area contributed by atoms with Gasteiger partial charge in [0.05, 0.1) is 0 Å². The summed E-state index contributed by atoms with van der Waals surface area (Å²) in [6, 6.07) is 0. The maximum Gasteiger partial charge on any atom is 0.306 e. The fourth-order valence-corrected chi connectivity index (χ4v) is 10.4. The maximum atomic E-state index is 12.9. The van der Waals surface area contributed by atoms with Gasteiger partial charge in [-0.1, -0.05) is 312 Å². The summed E-state index contributed by atoms with van der Waals surface area (Å²) < 4.78 is 17.0. The minimum absolute atomic E-state index is 0.0799. The van der Waals surface area contributed by atoms with Gasteiger partial charge >= 0.3 is 17.9 Å². The largest absolute Gasteiger partial charge is 0.462 e. The Balaban J connectivity index is 4.25. The van der Waals surface area contributed by atoms with Crippen molar-refractivity contribution in [3.63, 3.8) is 0 Å². The Kier molecular flexibility index (Phi) is 66.6. The molecule has 1 unspecified atom stereocenters. The minimum Gasteiger partial charge on any atom is -0.462 e. The summed E-state index contributed by atoms with van der Waals surface area (Å²) in [5, 5.41) is 0. The third-order valence-corrected chi connectivity index (χ3v) is 15.7. The number of carbonyl (C=O) groups is 3. The molecule has 470 valence electrons. The van der Waals surface area contributed by atoms with E-state index in [0.29, 0.717) is 19.3 Å². The summed E-state index contributed by atoms with van der Waals surface area (Å²) in [6.07, 6.45) is 90.8. The number of allylic oxidation sites excluding steroid dienone is 12. The van der Waals surface area contributed by atoms with Crippen LogP contribution < -0.4 is 0 Å². The smallest absolute Gasteiger partial charge is 0.306 e. The topological polar surface area (TPSA) is 78.9 Å².